The van der Waals surface area contributed by atoms with E-state index < -0.39 is 0 Å². The van der Waals surface area contributed by atoms with Crippen LogP contribution in [0, 0.1) is 0 Å². The quantitative estimate of drug-likeness (QED) is 0.433. The maximum atomic E-state index is 3.81. The van der Waals surface area contributed by atoms with Crippen molar-refractivity contribution >= 4 is 0 Å². The molecule has 0 saturated carbocycles. The van der Waals surface area contributed by atoms with Crippen molar-refractivity contribution in [3.05, 3.63) is 12.7 Å². The van der Waals surface area contributed by atoms with Gasteiger partial charge in [0.1, 0.15) is 0 Å². The van der Waals surface area contributed by atoms with E-state index in [2.05, 4.69) is 53.7 Å². The third-order valence-electron chi connectivity index (χ3n) is 4.55. The summed E-state index contributed by atoms with van der Waals surface area (Å²) in [7, 11) is 4.83. The molecule has 1 fully saturated rings. The molecule has 1 aliphatic heterocycles. The van der Waals surface area contributed by atoms with Crippen LogP contribution in [0.3, 0.4) is 0 Å². The van der Waals surface area contributed by atoms with E-state index in [4.69, 9.17) is 0 Å². The van der Waals surface area contributed by atoms with Gasteiger partial charge in [-0.1, -0.05) is 6.08 Å². The molecule has 0 atom stereocenters. The predicted molar refractivity (Wildman–Crippen MR) is 85.3 cm³/mol. The van der Waals surface area contributed by atoms with Gasteiger partial charge in [0.05, 0.1) is 26.7 Å². The van der Waals surface area contributed by atoms with Crippen LogP contribution in [0.2, 0.25) is 0 Å². The number of nitrogens with zero attached hydrogens (tertiary/aromatic N) is 1. The molecule has 0 aromatic carbocycles. The Balaban J connectivity index is 0.00000361. The van der Waals surface area contributed by atoms with Gasteiger partial charge in [0, 0.05) is 23.9 Å². The SMILES string of the molecule is C=CCCCC[N+](C)(C)C1CC(C)(C)NC(C)(C)C1.[Cl-]. The van der Waals surface area contributed by atoms with Crippen molar-refractivity contribution in [2.75, 3.05) is 20.6 Å². The first-order valence-corrected chi connectivity index (χ1v) is 7.81. The summed E-state index contributed by atoms with van der Waals surface area (Å²) in [6.07, 6.45) is 8.32. The molecule has 1 rings (SSSR count). The van der Waals surface area contributed by atoms with Crippen molar-refractivity contribution in [3.8, 4) is 0 Å². The van der Waals surface area contributed by atoms with Gasteiger partial charge in [-0.05, 0) is 47.0 Å². The minimum absolute atomic E-state index is 0. The number of hydrogen-bond acceptors (Lipinski definition) is 1. The third-order valence-corrected chi connectivity index (χ3v) is 4.55. The number of halogens is 1. The van der Waals surface area contributed by atoms with Crippen LogP contribution in [0.1, 0.15) is 59.8 Å². The van der Waals surface area contributed by atoms with Gasteiger partial charge in [-0.3, -0.25) is 0 Å². The molecule has 0 aliphatic carbocycles. The lowest BCUT2D eigenvalue weighted by atomic mass is 9.78. The predicted octanol–water partition coefficient (Wildman–Crippen LogP) is 0.732. The van der Waals surface area contributed by atoms with Gasteiger partial charge in [0.15, 0.2) is 0 Å². The van der Waals surface area contributed by atoms with Gasteiger partial charge in [0.2, 0.25) is 0 Å². The van der Waals surface area contributed by atoms with E-state index in [1.807, 2.05) is 6.08 Å². The van der Waals surface area contributed by atoms with Crippen molar-refractivity contribution in [2.24, 2.45) is 0 Å². The lowest BCUT2D eigenvalue weighted by Crippen LogP contribution is -3.00. The topological polar surface area (TPSA) is 12.0 Å². The Hall–Kier alpha value is -0.0500. The lowest BCUT2D eigenvalue weighted by molar-refractivity contribution is -0.917. The molecule has 0 spiro atoms. The van der Waals surface area contributed by atoms with Crippen LogP contribution in [0.5, 0.6) is 0 Å². The van der Waals surface area contributed by atoms with E-state index >= 15 is 0 Å². The van der Waals surface area contributed by atoms with Crippen LogP contribution in [0.25, 0.3) is 0 Å². The number of nitrogens with one attached hydrogen (secondary N) is 1. The normalized spacial score (nSPS) is 22.1. The molecule has 1 heterocycles. The molecule has 0 unspecified atom stereocenters. The second-order valence-corrected chi connectivity index (χ2v) is 8.24. The van der Waals surface area contributed by atoms with Crippen LogP contribution < -0.4 is 17.7 Å². The van der Waals surface area contributed by atoms with E-state index in [9.17, 15) is 0 Å². The fourth-order valence-electron chi connectivity index (χ4n) is 3.75. The molecule has 2 nitrogen and oxygen atoms in total. The van der Waals surface area contributed by atoms with E-state index in [1.165, 1.54) is 32.2 Å². The standard InChI is InChI=1S/C17H35N2.ClH/c1-8-9-10-11-12-19(6,7)15-13-16(2,3)18-17(4,5)14-15;/h8,15,18H,1,9-14H2,2-7H3;1H/q+1;/p-1. The van der Waals surface area contributed by atoms with Gasteiger partial charge < -0.3 is 22.2 Å². The summed E-state index contributed by atoms with van der Waals surface area (Å²) >= 11 is 0. The van der Waals surface area contributed by atoms with Gasteiger partial charge in [-0.15, -0.1) is 6.58 Å². The van der Waals surface area contributed by atoms with E-state index in [0.717, 1.165) is 16.9 Å². The molecule has 20 heavy (non-hydrogen) atoms. The molecule has 0 bridgehead atoms. The van der Waals surface area contributed by atoms with Crippen LogP contribution in [0.4, 0.5) is 0 Å². The van der Waals surface area contributed by atoms with Crippen LogP contribution in [-0.4, -0.2) is 42.2 Å². The van der Waals surface area contributed by atoms with Crippen molar-refractivity contribution in [3.63, 3.8) is 0 Å². The van der Waals surface area contributed by atoms with Gasteiger partial charge in [-0.2, -0.15) is 0 Å². The minimum atomic E-state index is 0. The average molecular weight is 303 g/mol. The number of unbranched alkanes of at least 4 members (excludes halogenated alkanes) is 2. The number of rotatable bonds is 6. The largest absolute Gasteiger partial charge is 1.00 e. The zero-order valence-electron chi connectivity index (χ0n) is 14.4. The monoisotopic (exact) mass is 302 g/mol. The summed E-state index contributed by atoms with van der Waals surface area (Å²) in [5.74, 6) is 0. The Morgan fingerprint density at radius 1 is 1.10 bits per heavy atom. The van der Waals surface area contributed by atoms with E-state index in [1.54, 1.807) is 0 Å². The molecule has 0 aromatic rings. The molecule has 0 aromatic heterocycles. The first-order chi connectivity index (χ1) is 8.58. The Morgan fingerprint density at radius 2 is 1.60 bits per heavy atom. The zero-order valence-corrected chi connectivity index (χ0v) is 15.2. The molecule has 1 saturated heterocycles. The first-order valence-electron chi connectivity index (χ1n) is 7.81. The number of piperidine rings is 1. The summed E-state index contributed by atoms with van der Waals surface area (Å²) in [5.41, 5.74) is 0.506. The molecular weight excluding hydrogens is 268 g/mol. The fraction of sp³-hybridized carbons (Fsp3) is 0.882. The molecule has 1 N–H and O–H groups in total. The number of quaternary nitrogens is 1. The number of allylic oxidation sites excluding steroid dienone is 1. The van der Waals surface area contributed by atoms with Crippen LogP contribution in [0.15, 0.2) is 12.7 Å². The summed E-state index contributed by atoms with van der Waals surface area (Å²) in [6, 6.07) is 0.759. The lowest BCUT2D eigenvalue weighted by Gasteiger charge is -2.51. The highest BCUT2D eigenvalue weighted by atomic mass is 35.5. The van der Waals surface area contributed by atoms with Crippen LogP contribution in [-0.2, 0) is 0 Å². The third kappa shape index (κ3) is 6.15. The Bertz CT molecular complexity index is 292. The van der Waals surface area contributed by atoms with Crippen molar-refractivity contribution < 1.29 is 16.9 Å². The fourth-order valence-corrected chi connectivity index (χ4v) is 3.75. The van der Waals surface area contributed by atoms with Gasteiger partial charge in [0.25, 0.3) is 0 Å². The maximum absolute atomic E-state index is 3.81. The summed E-state index contributed by atoms with van der Waals surface area (Å²) < 4.78 is 1.16. The second-order valence-electron chi connectivity index (χ2n) is 8.24. The van der Waals surface area contributed by atoms with Crippen molar-refractivity contribution in [1.29, 1.82) is 0 Å². The molecule has 120 valence electrons. The minimum Gasteiger partial charge on any atom is -1.00 e. The summed E-state index contributed by atoms with van der Waals surface area (Å²) in [6.45, 7) is 14.5. The molecule has 0 radical (unpaired) electrons. The van der Waals surface area contributed by atoms with Crippen molar-refractivity contribution in [2.45, 2.75) is 76.9 Å². The Morgan fingerprint density at radius 3 is 2.05 bits per heavy atom. The maximum Gasteiger partial charge on any atom is 0.0921 e. The summed E-state index contributed by atoms with van der Waals surface area (Å²) in [4.78, 5) is 0. The highest BCUT2D eigenvalue weighted by Gasteiger charge is 2.44. The second kappa shape index (κ2) is 7.29. The van der Waals surface area contributed by atoms with Gasteiger partial charge >= 0.3 is 0 Å². The first kappa shape index (κ1) is 19.9. The molecule has 1 aliphatic rings. The molecule has 0 amide bonds. The Kier molecular flexibility index (Phi) is 7.27. The number of hydrogen-bond donors (Lipinski definition) is 1. The average Bonchev–Trinajstić information content (AvgIpc) is 2.20. The van der Waals surface area contributed by atoms with Crippen LogP contribution >= 0.6 is 0 Å². The highest BCUT2D eigenvalue weighted by molar-refractivity contribution is 4.97. The molecule has 3 heteroatoms. The van der Waals surface area contributed by atoms with E-state index in [0.29, 0.717) is 0 Å². The highest BCUT2D eigenvalue weighted by Crippen LogP contribution is 2.33. The molecular formula is C17H35ClN2. The smallest absolute Gasteiger partial charge is 0.0921 e. The van der Waals surface area contributed by atoms with E-state index in [-0.39, 0.29) is 23.5 Å². The summed E-state index contributed by atoms with van der Waals surface area (Å²) in [5, 5.41) is 3.79. The van der Waals surface area contributed by atoms with Crippen molar-refractivity contribution in [1.82, 2.24) is 5.32 Å². The zero-order chi connectivity index (χ0) is 14.7. The Labute approximate surface area is 133 Å². The van der Waals surface area contributed by atoms with Gasteiger partial charge in [-0.25, -0.2) is 0 Å².